The van der Waals surface area contributed by atoms with E-state index in [-0.39, 0.29) is 0 Å². The van der Waals surface area contributed by atoms with Crippen molar-refractivity contribution in [1.82, 2.24) is 0 Å². The Kier molecular flexibility index (Phi) is 14.3. The molecular formula is C20H46O6Si2. The van der Waals surface area contributed by atoms with Gasteiger partial charge in [-0.3, -0.25) is 0 Å². The van der Waals surface area contributed by atoms with Gasteiger partial charge in [-0.1, -0.05) is 46.5 Å². The van der Waals surface area contributed by atoms with E-state index in [4.69, 9.17) is 26.6 Å². The summed E-state index contributed by atoms with van der Waals surface area (Å²) in [6.45, 7) is 6.99. The largest absolute Gasteiger partial charge is 0.500 e. The van der Waals surface area contributed by atoms with Crippen LogP contribution in [0.1, 0.15) is 65.7 Å². The van der Waals surface area contributed by atoms with Crippen LogP contribution in [0.5, 0.6) is 0 Å². The summed E-state index contributed by atoms with van der Waals surface area (Å²) >= 11 is 0. The molecular weight excluding hydrogens is 392 g/mol. The minimum Gasteiger partial charge on any atom is -0.377 e. The average molecular weight is 439 g/mol. The fourth-order valence-electron chi connectivity index (χ4n) is 3.88. The lowest BCUT2D eigenvalue weighted by atomic mass is 9.80. The van der Waals surface area contributed by atoms with Crippen molar-refractivity contribution in [2.24, 2.45) is 11.3 Å². The molecule has 0 bridgehead atoms. The summed E-state index contributed by atoms with van der Waals surface area (Å²) in [4.78, 5) is 0. The predicted molar refractivity (Wildman–Crippen MR) is 118 cm³/mol. The summed E-state index contributed by atoms with van der Waals surface area (Å²) in [7, 11) is 5.24. The highest BCUT2D eigenvalue weighted by Gasteiger charge is 2.37. The monoisotopic (exact) mass is 438 g/mol. The van der Waals surface area contributed by atoms with E-state index in [1.165, 1.54) is 32.1 Å². The second-order valence-corrected chi connectivity index (χ2v) is 14.9. The lowest BCUT2D eigenvalue weighted by Gasteiger charge is -2.28. The predicted octanol–water partition coefficient (Wildman–Crippen LogP) is 5.14. The van der Waals surface area contributed by atoms with Gasteiger partial charge in [0.2, 0.25) is 0 Å². The highest BCUT2D eigenvalue weighted by Crippen LogP contribution is 2.32. The topological polar surface area (TPSA) is 55.4 Å². The molecule has 0 fully saturated rings. The minimum absolute atomic E-state index is 0.346. The third kappa shape index (κ3) is 10.8. The molecule has 0 rings (SSSR count). The van der Waals surface area contributed by atoms with E-state index >= 15 is 0 Å². The fourth-order valence-corrected chi connectivity index (χ4v) is 7.47. The van der Waals surface area contributed by atoms with Gasteiger partial charge in [-0.2, -0.15) is 0 Å². The highest BCUT2D eigenvalue weighted by atomic mass is 28.4. The summed E-state index contributed by atoms with van der Waals surface area (Å²) in [5, 5.41) is 0. The van der Waals surface area contributed by atoms with Crippen molar-refractivity contribution in [3.05, 3.63) is 0 Å². The maximum absolute atomic E-state index is 5.53. The first-order valence-electron chi connectivity index (χ1n) is 10.5. The third-order valence-corrected chi connectivity index (χ3v) is 11.1. The van der Waals surface area contributed by atoms with Gasteiger partial charge in [0.1, 0.15) is 0 Å². The van der Waals surface area contributed by atoms with E-state index in [2.05, 4.69) is 20.8 Å². The Balaban J connectivity index is 4.48. The molecule has 0 spiro atoms. The van der Waals surface area contributed by atoms with Gasteiger partial charge >= 0.3 is 17.6 Å². The zero-order valence-electron chi connectivity index (χ0n) is 19.9. The van der Waals surface area contributed by atoms with Gasteiger partial charge in [-0.05, 0) is 30.6 Å². The molecule has 0 aliphatic heterocycles. The van der Waals surface area contributed by atoms with Gasteiger partial charge in [0, 0.05) is 54.7 Å². The summed E-state index contributed by atoms with van der Waals surface area (Å²) in [5.41, 5.74) is 0.346. The summed E-state index contributed by atoms with van der Waals surface area (Å²) in [5.74, 6) is 0.729. The van der Waals surface area contributed by atoms with Crippen LogP contribution in [-0.4, -0.2) is 60.3 Å². The van der Waals surface area contributed by atoms with Crippen molar-refractivity contribution in [3.8, 4) is 0 Å². The zero-order chi connectivity index (χ0) is 21.7. The first kappa shape index (κ1) is 28.2. The molecule has 0 aromatic carbocycles. The molecule has 6 nitrogen and oxygen atoms in total. The van der Waals surface area contributed by atoms with Crippen molar-refractivity contribution in [3.63, 3.8) is 0 Å². The molecule has 170 valence electrons. The second kappa shape index (κ2) is 14.2. The van der Waals surface area contributed by atoms with Crippen LogP contribution < -0.4 is 0 Å². The van der Waals surface area contributed by atoms with Crippen molar-refractivity contribution in [2.75, 3.05) is 42.7 Å². The first-order valence-corrected chi connectivity index (χ1v) is 14.3. The van der Waals surface area contributed by atoms with Crippen LogP contribution in [0, 0.1) is 11.3 Å². The van der Waals surface area contributed by atoms with Gasteiger partial charge in [0.25, 0.3) is 0 Å². The third-order valence-electron chi connectivity index (χ3n) is 5.46. The number of rotatable bonds is 17. The van der Waals surface area contributed by atoms with Gasteiger partial charge in [-0.25, -0.2) is 0 Å². The van der Waals surface area contributed by atoms with E-state index in [1.807, 2.05) is 0 Å². The molecule has 0 aliphatic rings. The Hall–Kier alpha value is 0.194. The SMILES string of the molecule is CO[Si](CCCCC(CCCC[Si](OC)(OC)OC)CC(C)(C)C)(OC)OC. The second-order valence-electron chi connectivity index (χ2n) is 8.71. The minimum atomic E-state index is -2.44. The standard InChI is InChI=1S/C20H46O6Si2/c1-20(2,3)18-19(14-10-12-16-27(21-4,22-5)23-6)15-11-13-17-28(24-7,25-8)26-9/h19H,10-18H2,1-9H3. The van der Waals surface area contributed by atoms with Crippen LogP contribution in [0.4, 0.5) is 0 Å². The molecule has 8 heteroatoms. The highest BCUT2D eigenvalue weighted by molar-refractivity contribution is 6.60. The van der Waals surface area contributed by atoms with Crippen molar-refractivity contribution in [2.45, 2.75) is 77.8 Å². The quantitative estimate of drug-likeness (QED) is 0.232. The summed E-state index contributed by atoms with van der Waals surface area (Å²) in [6.07, 6.45) is 8.23. The lowest BCUT2D eigenvalue weighted by Crippen LogP contribution is -2.42. The maximum atomic E-state index is 5.53. The van der Waals surface area contributed by atoms with Crippen LogP contribution in [0.15, 0.2) is 0 Å². The average Bonchev–Trinajstić information content (AvgIpc) is 2.68. The molecule has 0 aliphatic carbocycles. The molecule has 0 unspecified atom stereocenters. The normalized spacial score (nSPS) is 13.5. The Labute approximate surface area is 176 Å². The Morgan fingerprint density at radius 1 is 0.571 bits per heavy atom. The van der Waals surface area contributed by atoms with Gasteiger partial charge < -0.3 is 26.6 Å². The van der Waals surface area contributed by atoms with E-state index in [9.17, 15) is 0 Å². The zero-order valence-corrected chi connectivity index (χ0v) is 21.9. The van der Waals surface area contributed by atoms with E-state index < -0.39 is 17.6 Å². The molecule has 0 atom stereocenters. The first-order chi connectivity index (χ1) is 13.1. The van der Waals surface area contributed by atoms with Crippen LogP contribution in [-0.2, 0) is 26.6 Å². The lowest BCUT2D eigenvalue weighted by molar-refractivity contribution is 0.122. The maximum Gasteiger partial charge on any atom is 0.500 e. The fraction of sp³-hybridized carbons (Fsp3) is 1.00. The molecule has 0 saturated carbocycles. The molecule has 0 radical (unpaired) electrons. The molecule has 28 heavy (non-hydrogen) atoms. The molecule has 0 aromatic heterocycles. The number of hydrogen-bond acceptors (Lipinski definition) is 6. The van der Waals surface area contributed by atoms with E-state index in [0.717, 1.165) is 30.8 Å². The molecule has 0 saturated heterocycles. The van der Waals surface area contributed by atoms with E-state index in [1.54, 1.807) is 42.7 Å². The summed E-state index contributed by atoms with van der Waals surface area (Å²) in [6, 6.07) is 1.75. The van der Waals surface area contributed by atoms with Crippen molar-refractivity contribution < 1.29 is 26.6 Å². The molecule has 0 heterocycles. The van der Waals surface area contributed by atoms with Gasteiger partial charge in [-0.15, -0.1) is 0 Å². The number of hydrogen-bond donors (Lipinski definition) is 0. The van der Waals surface area contributed by atoms with Crippen molar-refractivity contribution >= 4 is 17.6 Å². The van der Waals surface area contributed by atoms with Crippen LogP contribution >= 0.6 is 0 Å². The van der Waals surface area contributed by atoms with Crippen LogP contribution in [0.25, 0.3) is 0 Å². The Bertz CT molecular complexity index is 337. The molecule has 0 aromatic rings. The Morgan fingerprint density at radius 3 is 1.14 bits per heavy atom. The molecule has 0 amide bonds. The van der Waals surface area contributed by atoms with Gasteiger partial charge in [0.05, 0.1) is 0 Å². The van der Waals surface area contributed by atoms with Crippen molar-refractivity contribution in [1.29, 1.82) is 0 Å². The smallest absolute Gasteiger partial charge is 0.377 e. The van der Waals surface area contributed by atoms with E-state index in [0.29, 0.717) is 5.41 Å². The Morgan fingerprint density at radius 2 is 0.893 bits per heavy atom. The number of unbranched alkanes of at least 4 members (excludes halogenated alkanes) is 2. The van der Waals surface area contributed by atoms with Crippen LogP contribution in [0.3, 0.4) is 0 Å². The molecule has 0 N–H and O–H groups in total. The van der Waals surface area contributed by atoms with Crippen LogP contribution in [0.2, 0.25) is 12.1 Å². The van der Waals surface area contributed by atoms with Gasteiger partial charge in [0.15, 0.2) is 0 Å². The summed E-state index contributed by atoms with van der Waals surface area (Å²) < 4.78 is 33.2.